The predicted molar refractivity (Wildman–Crippen MR) is 67.4 cm³/mol. The number of H-pyrrole nitrogens is 1. The Morgan fingerprint density at radius 3 is 2.80 bits per heavy atom. The largest absolute Gasteiger partial charge is 0.316 e. The first-order valence-corrected chi connectivity index (χ1v) is 7.16. The monoisotopic (exact) mass is 300 g/mol. The summed E-state index contributed by atoms with van der Waals surface area (Å²) in [6.07, 6.45) is 0. The molecule has 0 saturated carbocycles. The fourth-order valence-electron chi connectivity index (χ4n) is 1.56. The molecule has 0 amide bonds. The molecule has 0 fully saturated rings. The third-order valence-electron chi connectivity index (χ3n) is 2.48. The Hall–Kier alpha value is -1.91. The van der Waals surface area contributed by atoms with Crippen LogP contribution >= 0.6 is 0 Å². The Bertz CT molecular complexity index is 673. The van der Waals surface area contributed by atoms with Crippen LogP contribution in [-0.2, 0) is 23.1 Å². The van der Waals surface area contributed by atoms with Gasteiger partial charge >= 0.3 is 0 Å². The van der Waals surface area contributed by atoms with Crippen LogP contribution < -0.4 is 10.0 Å². The van der Waals surface area contributed by atoms with Crippen molar-refractivity contribution >= 4 is 10.0 Å². The van der Waals surface area contributed by atoms with Gasteiger partial charge in [0, 0.05) is 6.54 Å². The lowest BCUT2D eigenvalue weighted by Gasteiger charge is -2.08. The topological polar surface area (TPSA) is 113 Å². The van der Waals surface area contributed by atoms with Gasteiger partial charge in [0.2, 0.25) is 10.0 Å². The van der Waals surface area contributed by atoms with Crippen LogP contribution in [0, 0.1) is 5.82 Å². The normalized spacial score (nSPS) is 11.7. The van der Waals surface area contributed by atoms with Crippen LogP contribution in [0.15, 0.2) is 23.1 Å². The Morgan fingerprint density at radius 2 is 2.15 bits per heavy atom. The molecule has 1 aromatic carbocycles. The van der Waals surface area contributed by atoms with E-state index < -0.39 is 20.7 Å². The Kier molecular flexibility index (Phi) is 4.37. The van der Waals surface area contributed by atoms with Gasteiger partial charge in [0.15, 0.2) is 5.82 Å². The second-order valence-electron chi connectivity index (χ2n) is 3.95. The van der Waals surface area contributed by atoms with Crippen LogP contribution in [0.1, 0.15) is 11.4 Å². The summed E-state index contributed by atoms with van der Waals surface area (Å²) in [5.41, 5.74) is 0.661. The minimum absolute atomic E-state index is 0.167. The summed E-state index contributed by atoms with van der Waals surface area (Å²) in [6, 6.07) is 3.92. The van der Waals surface area contributed by atoms with Crippen molar-refractivity contribution in [3.05, 3.63) is 35.4 Å². The summed E-state index contributed by atoms with van der Waals surface area (Å²) in [5, 5.41) is 15.6. The zero-order valence-electron chi connectivity index (χ0n) is 10.6. The van der Waals surface area contributed by atoms with Crippen molar-refractivity contribution in [2.45, 2.75) is 18.0 Å². The molecule has 0 saturated heterocycles. The van der Waals surface area contributed by atoms with Gasteiger partial charge in [-0.15, -0.1) is 10.2 Å². The Balaban J connectivity index is 2.21. The molecule has 8 nitrogen and oxygen atoms in total. The van der Waals surface area contributed by atoms with E-state index in [1.54, 1.807) is 7.05 Å². The van der Waals surface area contributed by atoms with Gasteiger partial charge in [-0.25, -0.2) is 17.5 Å². The minimum Gasteiger partial charge on any atom is -0.316 e. The highest BCUT2D eigenvalue weighted by Gasteiger charge is 2.20. The third-order valence-corrected chi connectivity index (χ3v) is 3.89. The van der Waals surface area contributed by atoms with Crippen LogP contribution in [0.25, 0.3) is 0 Å². The van der Waals surface area contributed by atoms with Crippen LogP contribution in [0.3, 0.4) is 0 Å². The molecule has 20 heavy (non-hydrogen) atoms. The molecule has 0 radical (unpaired) electrons. The maximum Gasteiger partial charge on any atom is 0.243 e. The number of nitrogens with zero attached hydrogens (tertiary/aromatic N) is 3. The summed E-state index contributed by atoms with van der Waals surface area (Å²) in [4.78, 5) is -0.409. The molecule has 0 atom stereocenters. The SMILES string of the molecule is CNCc1ccc(F)c(S(=O)(=O)NCc2nn[nH]n2)c1. The van der Waals surface area contributed by atoms with Gasteiger partial charge in [0.05, 0.1) is 6.54 Å². The molecule has 10 heteroatoms. The highest BCUT2D eigenvalue weighted by Crippen LogP contribution is 2.16. The van der Waals surface area contributed by atoms with Gasteiger partial charge in [0.25, 0.3) is 0 Å². The molecule has 0 aliphatic rings. The average Bonchev–Trinajstić information content (AvgIpc) is 2.92. The predicted octanol–water partition coefficient (Wildman–Crippen LogP) is -0.463. The smallest absolute Gasteiger partial charge is 0.243 e. The quantitative estimate of drug-likeness (QED) is 0.665. The molecule has 1 heterocycles. The van der Waals surface area contributed by atoms with Crippen LogP contribution in [0.5, 0.6) is 0 Å². The second-order valence-corrected chi connectivity index (χ2v) is 5.68. The number of sulfonamides is 1. The highest BCUT2D eigenvalue weighted by molar-refractivity contribution is 7.89. The molecule has 0 aliphatic carbocycles. The Morgan fingerprint density at radius 1 is 1.35 bits per heavy atom. The first kappa shape index (κ1) is 14.5. The average molecular weight is 300 g/mol. The number of rotatable bonds is 6. The van der Waals surface area contributed by atoms with Crippen molar-refractivity contribution in [3.63, 3.8) is 0 Å². The molecule has 1 aromatic heterocycles. The summed E-state index contributed by atoms with van der Waals surface area (Å²) >= 11 is 0. The zero-order valence-corrected chi connectivity index (χ0v) is 11.4. The maximum absolute atomic E-state index is 13.7. The van der Waals surface area contributed by atoms with Gasteiger partial charge in [0.1, 0.15) is 10.7 Å². The molecule has 2 rings (SSSR count). The molecule has 2 aromatic rings. The fraction of sp³-hybridized carbons (Fsp3) is 0.300. The third kappa shape index (κ3) is 3.35. The Labute approximate surface area is 114 Å². The van der Waals surface area contributed by atoms with Crippen LogP contribution in [0.2, 0.25) is 0 Å². The van der Waals surface area contributed by atoms with Crippen molar-refractivity contribution in [2.75, 3.05) is 7.05 Å². The molecule has 0 bridgehead atoms. The molecular weight excluding hydrogens is 287 g/mol. The molecular formula is C10H13FN6O2S. The van der Waals surface area contributed by atoms with Gasteiger partial charge in [-0.2, -0.15) is 5.21 Å². The summed E-state index contributed by atoms with van der Waals surface area (Å²) in [7, 11) is -2.27. The number of nitrogens with one attached hydrogen (secondary N) is 3. The standard InChI is InChI=1S/C10H13FN6O2S/c1-12-5-7-2-3-8(11)9(4-7)20(18,19)13-6-10-14-16-17-15-10/h2-4,12-13H,5-6H2,1H3,(H,14,15,16,17). The second kappa shape index (κ2) is 6.03. The number of aromatic nitrogens is 4. The van der Waals surface area contributed by atoms with E-state index in [0.29, 0.717) is 12.1 Å². The first-order chi connectivity index (χ1) is 9.53. The van der Waals surface area contributed by atoms with E-state index in [4.69, 9.17) is 0 Å². The van der Waals surface area contributed by atoms with Gasteiger partial charge in [-0.1, -0.05) is 11.3 Å². The molecule has 3 N–H and O–H groups in total. The summed E-state index contributed by atoms with van der Waals surface area (Å²) < 4.78 is 40.0. The van der Waals surface area contributed by atoms with Crippen molar-refractivity contribution in [1.29, 1.82) is 0 Å². The van der Waals surface area contributed by atoms with E-state index in [1.165, 1.54) is 12.1 Å². The minimum atomic E-state index is -3.98. The lowest BCUT2D eigenvalue weighted by atomic mass is 10.2. The lowest BCUT2D eigenvalue weighted by Crippen LogP contribution is -2.25. The maximum atomic E-state index is 13.7. The molecule has 0 spiro atoms. The van der Waals surface area contributed by atoms with Crippen molar-refractivity contribution in [3.8, 4) is 0 Å². The molecule has 0 aliphatic heterocycles. The summed E-state index contributed by atoms with van der Waals surface area (Å²) in [6.45, 7) is 0.266. The number of hydrogen-bond acceptors (Lipinski definition) is 6. The van der Waals surface area contributed by atoms with Gasteiger partial charge < -0.3 is 5.32 Å². The van der Waals surface area contributed by atoms with E-state index in [-0.39, 0.29) is 12.4 Å². The van der Waals surface area contributed by atoms with Gasteiger partial charge in [-0.05, 0) is 24.7 Å². The lowest BCUT2D eigenvalue weighted by molar-refractivity contribution is 0.554. The number of benzene rings is 1. The van der Waals surface area contributed by atoms with E-state index in [1.807, 2.05) is 0 Å². The van der Waals surface area contributed by atoms with Crippen LogP contribution in [0.4, 0.5) is 4.39 Å². The zero-order chi connectivity index (χ0) is 14.6. The number of tetrazole rings is 1. The molecule has 108 valence electrons. The van der Waals surface area contributed by atoms with Gasteiger partial charge in [-0.3, -0.25) is 0 Å². The number of aromatic amines is 1. The first-order valence-electron chi connectivity index (χ1n) is 5.68. The fourth-order valence-corrected chi connectivity index (χ4v) is 2.67. The number of hydrogen-bond donors (Lipinski definition) is 3. The summed E-state index contributed by atoms with van der Waals surface area (Å²) in [5.74, 6) is -0.647. The molecule has 0 unspecified atom stereocenters. The van der Waals surface area contributed by atoms with E-state index >= 15 is 0 Å². The van der Waals surface area contributed by atoms with E-state index in [0.717, 1.165) is 6.07 Å². The van der Waals surface area contributed by atoms with Crippen molar-refractivity contribution in [1.82, 2.24) is 30.7 Å². The van der Waals surface area contributed by atoms with Crippen molar-refractivity contribution in [2.24, 2.45) is 0 Å². The van der Waals surface area contributed by atoms with Crippen molar-refractivity contribution < 1.29 is 12.8 Å². The van der Waals surface area contributed by atoms with E-state index in [2.05, 4.69) is 30.7 Å². The highest BCUT2D eigenvalue weighted by atomic mass is 32.2. The van der Waals surface area contributed by atoms with Crippen LogP contribution in [-0.4, -0.2) is 36.1 Å². The number of halogens is 1. The van der Waals surface area contributed by atoms with E-state index in [9.17, 15) is 12.8 Å².